The Balaban J connectivity index is 1.56. The molecule has 2 aliphatic rings. The van der Waals surface area contributed by atoms with Gasteiger partial charge in [0.05, 0.1) is 16.6 Å². The number of hydrogen-bond donors (Lipinski definition) is 0. The average Bonchev–Trinajstić information content (AvgIpc) is 1.88. The Kier molecular flexibility index (Phi) is 3.45. The van der Waals surface area contributed by atoms with Crippen molar-refractivity contribution in [1.82, 2.24) is 0 Å². The molecule has 0 aliphatic carbocycles. The van der Waals surface area contributed by atoms with Crippen LogP contribution in [-0.4, -0.2) is 34.7 Å². The largest absolute Gasteiger partial charge is 0.147 e. The molecule has 0 atom stereocenters. The van der Waals surface area contributed by atoms with Crippen LogP contribution in [0.1, 0.15) is 12.8 Å². The van der Waals surface area contributed by atoms with Gasteiger partial charge in [-0.2, -0.15) is 0 Å². The summed E-state index contributed by atoms with van der Waals surface area (Å²) < 4.78 is 0. The van der Waals surface area contributed by atoms with Gasteiger partial charge in [-0.3, -0.25) is 0 Å². The second kappa shape index (κ2) is 4.60. The van der Waals surface area contributed by atoms with Crippen LogP contribution in [0.4, 0.5) is 0 Å². The molecule has 4 heteroatoms. The smallest absolute Gasteiger partial charge is 0.131 e. The van der Waals surface area contributed by atoms with Crippen LogP contribution in [0, 0.1) is 11.1 Å². The van der Waals surface area contributed by atoms with Crippen molar-refractivity contribution >= 4 is 34.7 Å². The SMILES string of the molecule is C(#C[Si][Si]1CCC1)[Si][Si]1CCC1. The van der Waals surface area contributed by atoms with Gasteiger partial charge < -0.3 is 0 Å². The molecule has 2 fully saturated rings. The van der Waals surface area contributed by atoms with Crippen LogP contribution in [0.3, 0.4) is 0 Å². The van der Waals surface area contributed by atoms with Crippen LogP contribution in [0.15, 0.2) is 0 Å². The van der Waals surface area contributed by atoms with E-state index in [0.717, 1.165) is 18.1 Å². The van der Waals surface area contributed by atoms with E-state index in [0.29, 0.717) is 0 Å². The molecular formula is C8H12Si4. The summed E-state index contributed by atoms with van der Waals surface area (Å²) in [5.41, 5.74) is 6.89. The molecule has 0 aromatic heterocycles. The number of rotatable bonds is 2. The van der Waals surface area contributed by atoms with Gasteiger partial charge in [0.15, 0.2) is 0 Å². The third-order valence-corrected chi connectivity index (χ3v) is 13.6. The summed E-state index contributed by atoms with van der Waals surface area (Å²) in [5, 5.41) is 0. The van der Waals surface area contributed by atoms with Gasteiger partial charge in [-0.1, -0.05) is 37.0 Å². The fraction of sp³-hybridized carbons (Fsp3) is 0.750. The van der Waals surface area contributed by atoms with Crippen molar-refractivity contribution in [2.75, 3.05) is 0 Å². The van der Waals surface area contributed by atoms with Crippen molar-refractivity contribution in [3.05, 3.63) is 0 Å². The molecule has 0 N–H and O–H groups in total. The highest BCUT2D eigenvalue weighted by molar-refractivity contribution is 7.19. The Morgan fingerprint density at radius 1 is 0.750 bits per heavy atom. The second-order valence-electron chi connectivity index (χ2n) is 3.41. The lowest BCUT2D eigenvalue weighted by atomic mass is 10.5. The average molecular weight is 221 g/mol. The maximum atomic E-state index is 3.45. The first-order chi connectivity index (χ1) is 5.95. The first-order valence-electron chi connectivity index (χ1n) is 4.66. The highest BCUT2D eigenvalue weighted by Gasteiger charge is 2.20. The van der Waals surface area contributed by atoms with Crippen molar-refractivity contribution < 1.29 is 0 Å². The van der Waals surface area contributed by atoms with E-state index in [9.17, 15) is 0 Å². The molecule has 2 saturated heterocycles. The highest BCUT2D eigenvalue weighted by Crippen LogP contribution is 2.19. The Morgan fingerprint density at radius 2 is 1.17 bits per heavy atom. The second-order valence-corrected chi connectivity index (χ2v) is 14.6. The molecule has 0 aromatic rings. The maximum Gasteiger partial charge on any atom is 0.131 e. The molecule has 2 heterocycles. The molecule has 0 unspecified atom stereocenters. The van der Waals surface area contributed by atoms with E-state index >= 15 is 0 Å². The van der Waals surface area contributed by atoms with E-state index in [4.69, 9.17) is 0 Å². The van der Waals surface area contributed by atoms with Gasteiger partial charge in [-0.05, 0) is 0 Å². The predicted octanol–water partition coefficient (Wildman–Crippen LogP) is 1.10. The molecule has 0 bridgehead atoms. The van der Waals surface area contributed by atoms with Gasteiger partial charge >= 0.3 is 0 Å². The number of hydrogen-bond acceptors (Lipinski definition) is 0. The summed E-state index contributed by atoms with van der Waals surface area (Å²) in [7, 11) is 2.43. The molecule has 60 valence electrons. The van der Waals surface area contributed by atoms with Crippen LogP contribution in [0.25, 0.3) is 0 Å². The van der Waals surface area contributed by atoms with Gasteiger partial charge in [0, 0.05) is 0 Å². The van der Waals surface area contributed by atoms with E-state index in [1.807, 2.05) is 0 Å². The lowest BCUT2D eigenvalue weighted by Crippen LogP contribution is -2.30. The van der Waals surface area contributed by atoms with Gasteiger partial charge in [0.2, 0.25) is 0 Å². The van der Waals surface area contributed by atoms with Crippen LogP contribution < -0.4 is 0 Å². The first kappa shape index (κ1) is 9.00. The van der Waals surface area contributed by atoms with Crippen LogP contribution >= 0.6 is 0 Å². The molecule has 6 radical (unpaired) electrons. The summed E-state index contributed by atoms with van der Waals surface area (Å²) in [6.45, 7) is 0. The molecular weight excluding hydrogens is 208 g/mol. The molecule has 0 aromatic carbocycles. The molecule has 2 aliphatic heterocycles. The lowest BCUT2D eigenvalue weighted by Gasteiger charge is -2.20. The van der Waals surface area contributed by atoms with E-state index in [1.165, 1.54) is 12.8 Å². The van der Waals surface area contributed by atoms with Crippen LogP contribution in [-0.2, 0) is 0 Å². The van der Waals surface area contributed by atoms with Crippen molar-refractivity contribution in [3.63, 3.8) is 0 Å². The molecule has 0 amide bonds. The standard InChI is InChI=1S/C8H12Si4/c1-5-11(6-1)9-3-4-10-12-7-2-8-12/h1-2,5-8H2. The molecule has 0 spiro atoms. The fourth-order valence-corrected chi connectivity index (χ4v) is 9.77. The molecule has 12 heavy (non-hydrogen) atoms. The Hall–Kier alpha value is 0.428. The van der Waals surface area contributed by atoms with Gasteiger partial charge in [-0.15, -0.1) is 11.1 Å². The fourth-order valence-electron chi connectivity index (χ4n) is 1.20. The van der Waals surface area contributed by atoms with E-state index in [-0.39, 0.29) is 16.6 Å². The highest BCUT2D eigenvalue weighted by atomic mass is 29.2. The normalized spacial score (nSPS) is 23.7. The topological polar surface area (TPSA) is 0 Å². The monoisotopic (exact) mass is 220 g/mol. The maximum absolute atomic E-state index is 3.45. The molecule has 0 nitrogen and oxygen atoms in total. The minimum absolute atomic E-state index is 0.135. The lowest BCUT2D eigenvalue weighted by molar-refractivity contribution is 0.960. The van der Waals surface area contributed by atoms with Crippen molar-refractivity contribution in [2.24, 2.45) is 0 Å². The van der Waals surface area contributed by atoms with E-state index in [1.54, 1.807) is 24.2 Å². The summed E-state index contributed by atoms with van der Waals surface area (Å²) >= 11 is 0. The van der Waals surface area contributed by atoms with E-state index in [2.05, 4.69) is 11.1 Å². The van der Waals surface area contributed by atoms with Crippen LogP contribution in [0.5, 0.6) is 0 Å². The molecule has 2 rings (SSSR count). The van der Waals surface area contributed by atoms with Gasteiger partial charge in [-0.25, -0.2) is 0 Å². The zero-order chi connectivity index (χ0) is 8.23. The minimum Gasteiger partial charge on any atom is -0.147 e. The van der Waals surface area contributed by atoms with Gasteiger partial charge in [0.1, 0.15) is 18.1 Å². The Bertz CT molecular complexity index is 177. The zero-order valence-electron chi connectivity index (χ0n) is 7.24. The molecule has 0 saturated carbocycles. The van der Waals surface area contributed by atoms with E-state index < -0.39 is 0 Å². The summed E-state index contributed by atoms with van der Waals surface area (Å²) in [4.78, 5) is 0. The predicted molar refractivity (Wildman–Crippen MR) is 59.3 cm³/mol. The zero-order valence-corrected chi connectivity index (χ0v) is 11.2. The third-order valence-electron chi connectivity index (χ3n) is 2.46. The van der Waals surface area contributed by atoms with Crippen molar-refractivity contribution in [1.29, 1.82) is 0 Å². The summed E-state index contributed by atoms with van der Waals surface area (Å²) in [6.07, 6.45) is 3.03. The van der Waals surface area contributed by atoms with Crippen molar-refractivity contribution in [3.8, 4) is 11.1 Å². The van der Waals surface area contributed by atoms with Crippen LogP contribution in [0.2, 0.25) is 24.2 Å². The Labute approximate surface area is 83.0 Å². The summed E-state index contributed by atoms with van der Waals surface area (Å²) in [6, 6.07) is 6.27. The quantitative estimate of drug-likeness (QED) is 0.483. The van der Waals surface area contributed by atoms with Gasteiger partial charge in [0.25, 0.3) is 0 Å². The summed E-state index contributed by atoms with van der Waals surface area (Å²) in [5.74, 6) is 0. The minimum atomic E-state index is 0.135. The van der Waals surface area contributed by atoms with Crippen molar-refractivity contribution in [2.45, 2.75) is 37.0 Å². The Morgan fingerprint density at radius 3 is 1.42 bits per heavy atom. The first-order valence-corrected chi connectivity index (χ1v) is 12.5. The third kappa shape index (κ3) is 2.46.